The van der Waals surface area contributed by atoms with Gasteiger partial charge in [0.2, 0.25) is 11.8 Å². The maximum atomic E-state index is 12.1. The fourth-order valence-electron chi connectivity index (χ4n) is 2.43. The number of rotatable bonds is 6. The monoisotopic (exact) mass is 443 g/mol. The molecule has 0 fully saturated rings. The Bertz CT molecular complexity index is 1040. The van der Waals surface area contributed by atoms with Gasteiger partial charge in [0.15, 0.2) is 5.11 Å². The summed E-state index contributed by atoms with van der Waals surface area (Å²) < 4.78 is 0. The number of nitro groups is 1. The van der Waals surface area contributed by atoms with Crippen LogP contribution in [0.3, 0.4) is 0 Å². The zero-order valence-corrected chi connectivity index (χ0v) is 17.7. The Morgan fingerprint density at radius 3 is 2.35 bits per heavy atom. The number of amides is 3. The van der Waals surface area contributed by atoms with Crippen molar-refractivity contribution in [2.24, 2.45) is 0 Å². The van der Waals surface area contributed by atoms with E-state index in [0.29, 0.717) is 5.69 Å². The van der Waals surface area contributed by atoms with Crippen molar-refractivity contribution in [3.63, 3.8) is 0 Å². The molecule has 31 heavy (non-hydrogen) atoms. The van der Waals surface area contributed by atoms with E-state index in [4.69, 9.17) is 12.2 Å². The Morgan fingerprint density at radius 1 is 0.968 bits per heavy atom. The van der Waals surface area contributed by atoms with Crippen LogP contribution in [0.4, 0.5) is 11.4 Å². The Hall–Kier alpha value is -3.86. The molecule has 2 aromatic carbocycles. The smallest absolute Gasteiger partial charge is 0.270 e. The van der Waals surface area contributed by atoms with Crippen LogP contribution < -0.4 is 21.5 Å². The minimum atomic E-state index is -0.678. The van der Waals surface area contributed by atoms with E-state index in [0.717, 1.165) is 17.2 Å². The van der Waals surface area contributed by atoms with Crippen molar-refractivity contribution in [1.82, 2.24) is 16.2 Å². The topological polar surface area (TPSA) is 142 Å². The zero-order valence-electron chi connectivity index (χ0n) is 16.9. The zero-order chi connectivity index (χ0) is 23.0. The molecule has 0 radical (unpaired) electrons. The quantitative estimate of drug-likeness (QED) is 0.305. The average molecular weight is 443 g/mol. The first-order valence-electron chi connectivity index (χ1n) is 9.17. The highest BCUT2D eigenvalue weighted by Crippen LogP contribution is 2.14. The third-order valence-electron chi connectivity index (χ3n) is 4.23. The lowest BCUT2D eigenvalue weighted by Gasteiger charge is -2.11. The molecule has 0 atom stereocenters. The highest BCUT2D eigenvalue weighted by atomic mass is 32.1. The van der Waals surface area contributed by atoms with Crippen molar-refractivity contribution in [1.29, 1.82) is 0 Å². The lowest BCUT2D eigenvalue weighted by molar-refractivity contribution is -0.384. The summed E-state index contributed by atoms with van der Waals surface area (Å²) in [6.45, 7) is 3.90. The number of thiocarbonyl (C=S) groups is 1. The fraction of sp³-hybridized carbons (Fsp3) is 0.200. The summed E-state index contributed by atoms with van der Waals surface area (Å²) in [5.41, 5.74) is 7.21. The van der Waals surface area contributed by atoms with E-state index in [1.54, 1.807) is 6.07 Å². The summed E-state index contributed by atoms with van der Waals surface area (Å²) in [6, 6.07) is 10.6. The van der Waals surface area contributed by atoms with Gasteiger partial charge in [-0.2, -0.15) is 0 Å². The second kappa shape index (κ2) is 10.8. The number of anilines is 1. The van der Waals surface area contributed by atoms with Crippen molar-refractivity contribution >= 4 is 46.4 Å². The molecule has 2 rings (SSSR count). The summed E-state index contributed by atoms with van der Waals surface area (Å²) in [6.07, 6.45) is -0.154. The first-order valence-corrected chi connectivity index (χ1v) is 9.58. The van der Waals surface area contributed by atoms with Crippen LogP contribution in [-0.2, 0) is 9.59 Å². The van der Waals surface area contributed by atoms with Crippen molar-refractivity contribution in [3.8, 4) is 0 Å². The maximum Gasteiger partial charge on any atom is 0.270 e. The highest BCUT2D eigenvalue weighted by molar-refractivity contribution is 7.80. The lowest BCUT2D eigenvalue weighted by Crippen LogP contribution is -2.48. The normalized spacial score (nSPS) is 10.0. The molecule has 11 heteroatoms. The van der Waals surface area contributed by atoms with Gasteiger partial charge in [0.05, 0.1) is 4.92 Å². The van der Waals surface area contributed by atoms with E-state index in [1.807, 2.05) is 26.0 Å². The molecular formula is C20H21N5O5S. The first-order chi connectivity index (χ1) is 14.7. The van der Waals surface area contributed by atoms with Crippen LogP contribution in [0.5, 0.6) is 0 Å². The number of hydrogen-bond donors (Lipinski definition) is 4. The second-order valence-electron chi connectivity index (χ2n) is 6.61. The Balaban J connectivity index is 1.73. The van der Waals surface area contributed by atoms with Crippen LogP contribution >= 0.6 is 12.2 Å². The number of carbonyl (C=O) groups is 3. The summed E-state index contributed by atoms with van der Waals surface area (Å²) in [5, 5.41) is 15.6. The van der Waals surface area contributed by atoms with E-state index in [-0.39, 0.29) is 35.1 Å². The Morgan fingerprint density at radius 2 is 1.68 bits per heavy atom. The fourth-order valence-corrected chi connectivity index (χ4v) is 2.57. The number of nitrogens with zero attached hydrogens (tertiary/aromatic N) is 1. The standard InChI is InChI=1S/C20H21N5O5S/c1-12-6-7-15(10-13(12)2)21-17(26)8-9-18(27)23-24-20(31)22-19(28)14-4-3-5-16(11-14)25(29)30/h3-7,10-11H,8-9H2,1-2H3,(H,21,26)(H,23,27)(H2,22,24,28,31). The third-order valence-corrected chi connectivity index (χ3v) is 4.44. The number of nitrogens with one attached hydrogen (secondary N) is 4. The number of carbonyl (C=O) groups excluding carboxylic acids is 3. The molecular weight excluding hydrogens is 422 g/mol. The molecule has 10 nitrogen and oxygen atoms in total. The molecule has 0 unspecified atom stereocenters. The molecule has 0 heterocycles. The number of hydrazine groups is 1. The van der Waals surface area contributed by atoms with Gasteiger partial charge in [-0.05, 0) is 55.4 Å². The Kier molecular flexibility index (Phi) is 8.15. The van der Waals surface area contributed by atoms with Crippen molar-refractivity contribution in [2.75, 3.05) is 5.32 Å². The largest absolute Gasteiger partial charge is 0.326 e. The van der Waals surface area contributed by atoms with E-state index >= 15 is 0 Å². The van der Waals surface area contributed by atoms with Crippen LogP contribution in [-0.4, -0.2) is 27.8 Å². The molecule has 0 saturated heterocycles. The SMILES string of the molecule is Cc1ccc(NC(=O)CCC(=O)NNC(=S)NC(=O)c2cccc([N+](=O)[O-])c2)cc1C. The number of benzene rings is 2. The molecule has 0 aliphatic rings. The number of aryl methyl sites for hydroxylation is 2. The minimum absolute atomic E-state index is 0.0349. The van der Waals surface area contributed by atoms with Gasteiger partial charge >= 0.3 is 0 Å². The van der Waals surface area contributed by atoms with Gasteiger partial charge in [-0.3, -0.25) is 40.7 Å². The van der Waals surface area contributed by atoms with Gasteiger partial charge in [0.1, 0.15) is 0 Å². The number of non-ortho nitro benzene ring substituents is 1. The molecule has 4 N–H and O–H groups in total. The highest BCUT2D eigenvalue weighted by Gasteiger charge is 2.13. The van der Waals surface area contributed by atoms with Gasteiger partial charge < -0.3 is 5.32 Å². The van der Waals surface area contributed by atoms with Gasteiger partial charge in [-0.15, -0.1) is 0 Å². The third kappa shape index (κ3) is 7.48. The Labute approximate surface area is 183 Å². The van der Waals surface area contributed by atoms with Crippen LogP contribution in [0, 0.1) is 24.0 Å². The molecule has 162 valence electrons. The van der Waals surface area contributed by atoms with Crippen molar-refractivity contribution in [2.45, 2.75) is 26.7 Å². The number of nitro benzene ring substituents is 1. The molecule has 0 spiro atoms. The summed E-state index contributed by atoms with van der Waals surface area (Å²) in [4.78, 5) is 46.1. The van der Waals surface area contributed by atoms with Crippen LogP contribution in [0.15, 0.2) is 42.5 Å². The van der Waals surface area contributed by atoms with Crippen LogP contribution in [0.1, 0.15) is 34.3 Å². The van der Waals surface area contributed by atoms with Crippen molar-refractivity contribution < 1.29 is 19.3 Å². The van der Waals surface area contributed by atoms with E-state index in [9.17, 15) is 24.5 Å². The van der Waals surface area contributed by atoms with Gasteiger partial charge in [0.25, 0.3) is 11.6 Å². The second-order valence-corrected chi connectivity index (χ2v) is 7.02. The molecule has 2 aromatic rings. The molecule has 3 amide bonds. The minimum Gasteiger partial charge on any atom is -0.326 e. The van der Waals surface area contributed by atoms with E-state index in [1.165, 1.54) is 18.2 Å². The van der Waals surface area contributed by atoms with Crippen LogP contribution in [0.2, 0.25) is 0 Å². The van der Waals surface area contributed by atoms with Gasteiger partial charge in [-0.25, -0.2) is 0 Å². The first kappa shape index (κ1) is 23.4. The van der Waals surface area contributed by atoms with Crippen LogP contribution in [0.25, 0.3) is 0 Å². The number of hydrogen-bond acceptors (Lipinski definition) is 6. The average Bonchev–Trinajstić information content (AvgIpc) is 2.73. The van der Waals surface area contributed by atoms with Gasteiger partial charge in [0, 0.05) is 36.2 Å². The predicted octanol–water partition coefficient (Wildman–Crippen LogP) is 2.27. The van der Waals surface area contributed by atoms with E-state index < -0.39 is 16.7 Å². The van der Waals surface area contributed by atoms with Crippen molar-refractivity contribution in [3.05, 3.63) is 69.3 Å². The predicted molar refractivity (Wildman–Crippen MR) is 118 cm³/mol. The van der Waals surface area contributed by atoms with Gasteiger partial charge in [-0.1, -0.05) is 12.1 Å². The molecule has 0 aliphatic heterocycles. The summed E-state index contributed by atoms with van der Waals surface area (Å²) >= 11 is 4.91. The summed E-state index contributed by atoms with van der Waals surface area (Å²) in [7, 11) is 0. The molecule has 0 bridgehead atoms. The van der Waals surface area contributed by atoms with E-state index in [2.05, 4.69) is 21.5 Å². The molecule has 0 saturated carbocycles. The molecule has 0 aromatic heterocycles. The summed E-state index contributed by atoms with van der Waals surface area (Å²) in [5.74, 6) is -1.51. The lowest BCUT2D eigenvalue weighted by atomic mass is 10.1. The maximum absolute atomic E-state index is 12.1. The molecule has 0 aliphatic carbocycles.